The van der Waals surface area contributed by atoms with Crippen molar-refractivity contribution in [1.82, 2.24) is 14.8 Å². The van der Waals surface area contributed by atoms with Crippen LogP contribution in [0.2, 0.25) is 5.02 Å². The molecule has 0 aromatic carbocycles. The van der Waals surface area contributed by atoms with E-state index in [9.17, 15) is 14.9 Å². The summed E-state index contributed by atoms with van der Waals surface area (Å²) in [5.41, 5.74) is 0.305. The second kappa shape index (κ2) is 5.02. The van der Waals surface area contributed by atoms with E-state index < -0.39 is 16.7 Å². The molecule has 0 radical (unpaired) electrons. The second-order valence-corrected chi connectivity index (χ2v) is 3.98. The molecule has 9 heteroatoms. The van der Waals surface area contributed by atoms with Crippen molar-refractivity contribution in [3.63, 3.8) is 0 Å². The van der Waals surface area contributed by atoms with Crippen LogP contribution in [0, 0.1) is 10.1 Å². The van der Waals surface area contributed by atoms with Crippen LogP contribution in [-0.4, -0.2) is 30.8 Å². The lowest BCUT2D eigenvalue weighted by molar-refractivity contribution is -0.389. The minimum atomic E-state index is -1.15. The summed E-state index contributed by atoms with van der Waals surface area (Å²) in [5, 5.41) is 23.0. The summed E-state index contributed by atoms with van der Waals surface area (Å²) >= 11 is 5.65. The van der Waals surface area contributed by atoms with E-state index in [4.69, 9.17) is 16.7 Å². The average molecular weight is 283 g/mol. The van der Waals surface area contributed by atoms with Crippen molar-refractivity contribution in [3.8, 4) is 0 Å². The Hall–Kier alpha value is -2.48. The van der Waals surface area contributed by atoms with E-state index in [1.54, 1.807) is 6.07 Å². The summed E-state index contributed by atoms with van der Waals surface area (Å²) in [6.07, 6.45) is 1.29. The van der Waals surface area contributed by atoms with Gasteiger partial charge in [0.1, 0.15) is 12.2 Å². The number of pyridine rings is 1. The van der Waals surface area contributed by atoms with E-state index in [0.717, 1.165) is 0 Å². The molecule has 2 heterocycles. The topological polar surface area (TPSA) is 111 Å². The lowest BCUT2D eigenvalue weighted by Gasteiger charge is -1.99. The molecule has 2 aromatic heterocycles. The molecule has 98 valence electrons. The zero-order valence-corrected chi connectivity index (χ0v) is 10.1. The quantitative estimate of drug-likeness (QED) is 0.673. The largest absolute Gasteiger partial charge is 0.477 e. The van der Waals surface area contributed by atoms with Gasteiger partial charge in [-0.15, -0.1) is 0 Å². The Morgan fingerprint density at radius 3 is 2.84 bits per heavy atom. The maximum Gasteiger partial charge on any atom is 0.408 e. The third kappa shape index (κ3) is 2.86. The molecular weight excluding hydrogens is 276 g/mol. The number of rotatable bonds is 4. The van der Waals surface area contributed by atoms with Gasteiger partial charge in [-0.2, -0.15) is 4.68 Å². The molecule has 0 unspecified atom stereocenters. The maximum atomic E-state index is 10.8. The lowest BCUT2D eigenvalue weighted by Crippen LogP contribution is -2.07. The molecule has 0 aliphatic rings. The first-order valence-corrected chi connectivity index (χ1v) is 5.41. The second-order valence-electron chi connectivity index (χ2n) is 3.57. The van der Waals surface area contributed by atoms with E-state index in [1.807, 2.05) is 0 Å². The Bertz CT molecular complexity index is 655. The van der Waals surface area contributed by atoms with Gasteiger partial charge >= 0.3 is 11.8 Å². The van der Waals surface area contributed by atoms with Crippen molar-refractivity contribution in [2.75, 3.05) is 0 Å². The Labute approximate surface area is 111 Å². The molecule has 2 aromatic rings. The zero-order valence-electron chi connectivity index (χ0n) is 9.36. The summed E-state index contributed by atoms with van der Waals surface area (Å²) in [5.74, 6) is -1.60. The van der Waals surface area contributed by atoms with Crippen molar-refractivity contribution < 1.29 is 14.8 Å². The first kappa shape index (κ1) is 13.0. The predicted octanol–water partition coefficient (Wildman–Crippen LogP) is 1.59. The molecule has 0 atom stereocenters. The SMILES string of the molecule is O=C(O)c1cccc(Cn2cc(Cl)c([N+](=O)[O-])n2)n1. The van der Waals surface area contributed by atoms with Gasteiger partial charge in [0.15, 0.2) is 5.02 Å². The fourth-order valence-electron chi connectivity index (χ4n) is 1.44. The molecule has 0 fully saturated rings. The van der Waals surface area contributed by atoms with Crippen LogP contribution < -0.4 is 0 Å². The standard InChI is InChI=1S/C10H7ClN4O4/c11-7-5-14(13-9(7)15(18)19)4-6-2-1-3-8(12-6)10(16)17/h1-3,5H,4H2,(H,16,17). The number of aromatic nitrogens is 3. The van der Waals surface area contributed by atoms with Crippen molar-refractivity contribution in [3.05, 3.63) is 50.9 Å². The van der Waals surface area contributed by atoms with E-state index >= 15 is 0 Å². The summed E-state index contributed by atoms with van der Waals surface area (Å²) in [7, 11) is 0. The van der Waals surface area contributed by atoms with Gasteiger partial charge in [0.05, 0.1) is 17.0 Å². The molecule has 1 N–H and O–H groups in total. The van der Waals surface area contributed by atoms with Gasteiger partial charge < -0.3 is 15.2 Å². The fourth-order valence-corrected chi connectivity index (χ4v) is 1.66. The van der Waals surface area contributed by atoms with Gasteiger partial charge in [-0.25, -0.2) is 9.78 Å². The summed E-state index contributed by atoms with van der Waals surface area (Å²) < 4.78 is 1.23. The van der Waals surface area contributed by atoms with Gasteiger partial charge in [-0.3, -0.25) is 0 Å². The fraction of sp³-hybridized carbons (Fsp3) is 0.100. The summed E-state index contributed by atoms with van der Waals surface area (Å²) in [6.45, 7) is 0.0919. The van der Waals surface area contributed by atoms with Crippen molar-refractivity contribution in [1.29, 1.82) is 0 Å². The lowest BCUT2D eigenvalue weighted by atomic mass is 10.3. The maximum absolute atomic E-state index is 10.8. The third-order valence-corrected chi connectivity index (χ3v) is 2.49. The van der Waals surface area contributed by atoms with Crippen LogP contribution in [0.4, 0.5) is 5.82 Å². The van der Waals surface area contributed by atoms with E-state index in [-0.39, 0.29) is 17.3 Å². The number of carboxylic acid groups (broad SMARTS) is 1. The normalized spacial score (nSPS) is 10.4. The van der Waals surface area contributed by atoms with E-state index in [2.05, 4.69) is 10.1 Å². The number of hydrogen-bond acceptors (Lipinski definition) is 5. The zero-order chi connectivity index (χ0) is 14.0. The molecule has 0 aliphatic heterocycles. The Morgan fingerprint density at radius 1 is 1.53 bits per heavy atom. The molecule has 0 bridgehead atoms. The molecular formula is C10H7ClN4O4. The van der Waals surface area contributed by atoms with Crippen LogP contribution in [0.15, 0.2) is 24.4 Å². The Balaban J connectivity index is 2.26. The first-order chi connectivity index (χ1) is 8.97. The third-order valence-electron chi connectivity index (χ3n) is 2.22. The molecule has 19 heavy (non-hydrogen) atoms. The summed E-state index contributed by atoms with van der Waals surface area (Å²) in [4.78, 5) is 24.5. The van der Waals surface area contributed by atoms with Crippen LogP contribution in [0.1, 0.15) is 16.2 Å². The van der Waals surface area contributed by atoms with Crippen molar-refractivity contribution in [2.24, 2.45) is 0 Å². The number of halogens is 1. The highest BCUT2D eigenvalue weighted by atomic mass is 35.5. The van der Waals surface area contributed by atoms with Crippen molar-refractivity contribution >= 4 is 23.4 Å². The molecule has 2 rings (SSSR count). The van der Waals surface area contributed by atoms with E-state index in [0.29, 0.717) is 5.69 Å². The molecule has 0 amide bonds. The highest BCUT2D eigenvalue weighted by Crippen LogP contribution is 2.21. The van der Waals surface area contributed by atoms with Gasteiger partial charge in [-0.1, -0.05) is 17.7 Å². The van der Waals surface area contributed by atoms with Gasteiger partial charge in [0.25, 0.3) is 0 Å². The molecule has 8 nitrogen and oxygen atoms in total. The average Bonchev–Trinajstić information content (AvgIpc) is 2.70. The van der Waals surface area contributed by atoms with Crippen LogP contribution in [0.25, 0.3) is 0 Å². The number of nitro groups is 1. The summed E-state index contributed by atoms with van der Waals surface area (Å²) in [6, 6.07) is 4.48. The van der Waals surface area contributed by atoms with Crippen LogP contribution >= 0.6 is 11.6 Å². The number of hydrogen-bond donors (Lipinski definition) is 1. The van der Waals surface area contributed by atoms with Gasteiger partial charge in [0, 0.05) is 0 Å². The van der Waals surface area contributed by atoms with E-state index in [1.165, 1.54) is 23.0 Å². The van der Waals surface area contributed by atoms with Crippen molar-refractivity contribution in [2.45, 2.75) is 6.54 Å². The smallest absolute Gasteiger partial charge is 0.408 e. The minimum Gasteiger partial charge on any atom is -0.477 e. The number of carbonyl (C=O) groups is 1. The number of nitrogens with zero attached hydrogens (tertiary/aromatic N) is 4. The Kier molecular flexibility index (Phi) is 3.43. The highest BCUT2D eigenvalue weighted by molar-refractivity contribution is 6.32. The molecule has 0 saturated heterocycles. The van der Waals surface area contributed by atoms with Gasteiger partial charge in [-0.05, 0) is 17.1 Å². The molecule has 0 saturated carbocycles. The number of carboxylic acids is 1. The monoisotopic (exact) mass is 282 g/mol. The predicted molar refractivity (Wildman–Crippen MR) is 64.2 cm³/mol. The number of aromatic carboxylic acids is 1. The van der Waals surface area contributed by atoms with Gasteiger partial charge in [0.2, 0.25) is 0 Å². The Morgan fingerprint density at radius 2 is 2.26 bits per heavy atom. The molecule has 0 aliphatic carbocycles. The van der Waals surface area contributed by atoms with Crippen LogP contribution in [0.3, 0.4) is 0 Å². The molecule has 0 spiro atoms. The first-order valence-electron chi connectivity index (χ1n) is 5.04. The minimum absolute atomic E-state index is 0.0839. The highest BCUT2D eigenvalue weighted by Gasteiger charge is 2.19. The van der Waals surface area contributed by atoms with Crippen LogP contribution in [-0.2, 0) is 6.54 Å². The van der Waals surface area contributed by atoms with Crippen LogP contribution in [0.5, 0.6) is 0 Å².